The molecule has 5 heterocycles. The third-order valence-electron chi connectivity index (χ3n) is 10.4. The molecule has 276 valence electrons. The van der Waals surface area contributed by atoms with Crippen molar-refractivity contribution in [1.82, 2.24) is 19.0 Å². The maximum atomic E-state index is 15.0. The largest absolute Gasteiger partial charge is 0.477 e. The number of halogens is 2. The number of hydrogen-bond donors (Lipinski definition) is 2. The Morgan fingerprint density at radius 3 is 2.02 bits per heavy atom. The van der Waals surface area contributed by atoms with Crippen LogP contribution in [0.3, 0.4) is 0 Å². The number of aromatic nitrogens is 2. The standard InChI is InChI=1S/C19H22FN3O3.C17H19FN4O4/c1-2-21-5-7-22(8-6-21)17-10-16-13(9-15(17)20)18(24)14(19(25)26)11-23(16)12-3-4-12;1-19-3-5-21(6-4-19)14-12(18)7-10-13-16(14)26-9-20(2)22(13)8-11(15(10)23)17(24)25/h9-12H,2-8H2,1H3,(H,25,26);7-8H,3-6,9H2,1-2H3,(H,24,25). The Bertz CT molecular complexity index is 2200. The fourth-order valence-corrected chi connectivity index (χ4v) is 7.21. The van der Waals surface area contributed by atoms with Crippen molar-refractivity contribution < 1.29 is 33.3 Å². The average molecular weight is 722 g/mol. The van der Waals surface area contributed by atoms with Crippen molar-refractivity contribution in [2.45, 2.75) is 25.8 Å². The number of benzene rings is 2. The molecule has 0 unspecified atom stereocenters. The number of hydrogen-bond acceptors (Lipinski definition) is 10. The highest BCUT2D eigenvalue weighted by atomic mass is 19.1. The summed E-state index contributed by atoms with van der Waals surface area (Å²) >= 11 is 0. The van der Waals surface area contributed by atoms with Crippen LogP contribution >= 0.6 is 0 Å². The van der Waals surface area contributed by atoms with Gasteiger partial charge in [0.05, 0.1) is 16.6 Å². The first kappa shape index (κ1) is 35.2. The van der Waals surface area contributed by atoms with Gasteiger partial charge in [0.2, 0.25) is 10.9 Å². The Balaban J connectivity index is 0.000000162. The van der Waals surface area contributed by atoms with E-state index >= 15 is 0 Å². The van der Waals surface area contributed by atoms with E-state index in [1.807, 2.05) is 21.4 Å². The van der Waals surface area contributed by atoms with E-state index in [1.165, 1.54) is 18.5 Å². The zero-order valence-electron chi connectivity index (χ0n) is 29.3. The van der Waals surface area contributed by atoms with E-state index in [1.54, 1.807) is 22.8 Å². The summed E-state index contributed by atoms with van der Waals surface area (Å²) in [6.45, 7) is 9.30. The molecular weight excluding hydrogens is 680 g/mol. The molecule has 0 spiro atoms. The van der Waals surface area contributed by atoms with Crippen molar-refractivity contribution in [3.05, 3.63) is 73.8 Å². The van der Waals surface area contributed by atoms with Crippen LogP contribution < -0.4 is 30.4 Å². The van der Waals surface area contributed by atoms with Crippen LogP contribution in [0.5, 0.6) is 5.75 Å². The molecule has 1 aliphatic carbocycles. The second kappa shape index (κ2) is 13.7. The van der Waals surface area contributed by atoms with Crippen molar-refractivity contribution in [3.8, 4) is 5.75 Å². The van der Waals surface area contributed by atoms with Crippen molar-refractivity contribution in [2.75, 3.05) is 94.5 Å². The smallest absolute Gasteiger partial charge is 0.341 e. The molecule has 8 rings (SSSR count). The molecule has 1 saturated carbocycles. The quantitative estimate of drug-likeness (QED) is 0.302. The van der Waals surface area contributed by atoms with Crippen LogP contribution in [0, 0.1) is 11.6 Å². The summed E-state index contributed by atoms with van der Waals surface area (Å²) in [7, 11) is 3.71. The Labute approximate surface area is 297 Å². The van der Waals surface area contributed by atoms with Gasteiger partial charge in [0, 0.05) is 83.2 Å². The second-order valence-electron chi connectivity index (χ2n) is 13.7. The molecule has 0 bridgehead atoms. The number of fused-ring (bicyclic) bond motifs is 1. The van der Waals surface area contributed by atoms with Gasteiger partial charge >= 0.3 is 11.9 Å². The summed E-state index contributed by atoms with van der Waals surface area (Å²) in [4.78, 5) is 56.2. The van der Waals surface area contributed by atoms with Crippen molar-refractivity contribution in [1.29, 1.82) is 0 Å². The van der Waals surface area contributed by atoms with Crippen LogP contribution in [0.15, 0.2) is 40.2 Å². The first-order chi connectivity index (χ1) is 24.9. The number of rotatable bonds is 6. The molecule has 2 aromatic heterocycles. The van der Waals surface area contributed by atoms with E-state index in [9.17, 15) is 38.2 Å². The lowest BCUT2D eigenvalue weighted by Crippen LogP contribution is -2.46. The number of carboxylic acid groups (broad SMARTS) is 2. The Hall–Kier alpha value is -5.22. The predicted octanol–water partition coefficient (Wildman–Crippen LogP) is 2.82. The van der Waals surface area contributed by atoms with Gasteiger partial charge in [-0.3, -0.25) is 19.3 Å². The van der Waals surface area contributed by atoms with Gasteiger partial charge in [0.1, 0.15) is 28.1 Å². The Morgan fingerprint density at radius 1 is 0.808 bits per heavy atom. The maximum Gasteiger partial charge on any atom is 0.341 e. The van der Waals surface area contributed by atoms with Crippen molar-refractivity contribution >= 4 is 45.1 Å². The van der Waals surface area contributed by atoms with E-state index in [-0.39, 0.29) is 34.9 Å². The SMILES string of the molecule is CCN1CCN(c2cc3c(cc2F)c(=O)c(C(=O)O)cn3C2CC2)CC1.CN1CCN(c2c(F)cc3c(=O)c(C(=O)O)cn4c3c2OCN4C)CC1. The molecule has 0 radical (unpaired) electrons. The number of anilines is 2. The Kier molecular flexibility index (Phi) is 9.29. The number of pyridine rings is 2. The molecule has 16 heteroatoms. The lowest BCUT2D eigenvalue weighted by atomic mass is 10.1. The third kappa shape index (κ3) is 6.29. The van der Waals surface area contributed by atoms with Gasteiger partial charge in [-0.05, 0) is 44.6 Å². The summed E-state index contributed by atoms with van der Waals surface area (Å²) in [5.41, 5.74) is -0.198. The number of ether oxygens (including phenoxy) is 1. The molecule has 2 N–H and O–H groups in total. The number of aromatic carboxylic acids is 2. The molecule has 3 aliphatic heterocycles. The van der Waals surface area contributed by atoms with Gasteiger partial charge < -0.3 is 39.1 Å². The number of carbonyl (C=O) groups is 2. The van der Waals surface area contributed by atoms with Gasteiger partial charge in [-0.2, -0.15) is 0 Å². The second-order valence-corrected chi connectivity index (χ2v) is 13.7. The summed E-state index contributed by atoms with van der Waals surface area (Å²) in [5.74, 6) is -3.37. The number of likely N-dealkylation sites (N-methyl/N-ethyl adjacent to an activating group) is 2. The fraction of sp³-hybridized carbons (Fsp3) is 0.444. The summed E-state index contributed by atoms with van der Waals surface area (Å²) < 4.78 is 38.9. The summed E-state index contributed by atoms with van der Waals surface area (Å²) in [6.07, 6.45) is 4.57. The normalized spacial score (nSPS) is 18.0. The lowest BCUT2D eigenvalue weighted by Gasteiger charge is -2.37. The highest BCUT2D eigenvalue weighted by Crippen LogP contribution is 2.41. The predicted molar refractivity (Wildman–Crippen MR) is 192 cm³/mol. The van der Waals surface area contributed by atoms with E-state index in [0.29, 0.717) is 35.5 Å². The minimum absolute atomic E-state index is 0.00169. The third-order valence-corrected chi connectivity index (χ3v) is 10.4. The zero-order chi connectivity index (χ0) is 37.0. The van der Waals surface area contributed by atoms with Gasteiger partial charge in [-0.1, -0.05) is 6.92 Å². The lowest BCUT2D eigenvalue weighted by molar-refractivity contribution is 0.0684. The molecule has 0 atom stereocenters. The zero-order valence-corrected chi connectivity index (χ0v) is 29.3. The van der Waals surface area contributed by atoms with Gasteiger partial charge in [-0.25, -0.2) is 18.4 Å². The van der Waals surface area contributed by atoms with E-state index < -0.39 is 40.0 Å². The first-order valence-electron chi connectivity index (χ1n) is 17.4. The van der Waals surface area contributed by atoms with Crippen LogP contribution in [-0.2, 0) is 0 Å². The molecule has 52 heavy (non-hydrogen) atoms. The van der Waals surface area contributed by atoms with Crippen LogP contribution in [0.1, 0.15) is 46.5 Å². The molecule has 2 saturated heterocycles. The molecular formula is C36H41F2N7O7. The van der Waals surface area contributed by atoms with E-state index in [4.69, 9.17) is 4.74 Å². The summed E-state index contributed by atoms with van der Waals surface area (Å²) in [6, 6.07) is 4.24. The van der Waals surface area contributed by atoms with Gasteiger partial charge in [-0.15, -0.1) is 0 Å². The first-order valence-corrected chi connectivity index (χ1v) is 17.4. The molecule has 2 aromatic carbocycles. The van der Waals surface area contributed by atoms with Crippen molar-refractivity contribution in [2.24, 2.45) is 0 Å². The maximum absolute atomic E-state index is 15.0. The molecule has 3 fully saturated rings. The minimum atomic E-state index is -1.34. The fourth-order valence-electron chi connectivity index (χ4n) is 7.21. The highest BCUT2D eigenvalue weighted by molar-refractivity contribution is 5.97. The molecule has 0 amide bonds. The van der Waals surface area contributed by atoms with Gasteiger partial charge in [0.15, 0.2) is 18.3 Å². The Morgan fingerprint density at radius 2 is 1.40 bits per heavy atom. The topological polar surface area (TPSA) is 144 Å². The minimum Gasteiger partial charge on any atom is -0.477 e. The summed E-state index contributed by atoms with van der Waals surface area (Å²) in [5, 5.41) is 20.4. The van der Waals surface area contributed by atoms with Gasteiger partial charge in [0.25, 0.3) is 0 Å². The van der Waals surface area contributed by atoms with Crippen LogP contribution in [0.4, 0.5) is 20.2 Å². The van der Waals surface area contributed by atoms with Crippen molar-refractivity contribution in [3.63, 3.8) is 0 Å². The number of piperazine rings is 2. The molecule has 14 nitrogen and oxygen atoms in total. The average Bonchev–Trinajstić information content (AvgIpc) is 3.97. The molecule has 4 aliphatic rings. The highest BCUT2D eigenvalue weighted by Gasteiger charge is 2.31. The number of carboxylic acids is 2. The molecule has 4 aromatic rings. The number of nitrogens with zero attached hydrogens (tertiary/aromatic N) is 7. The van der Waals surface area contributed by atoms with E-state index in [0.717, 1.165) is 64.7 Å². The van der Waals surface area contributed by atoms with Crippen LogP contribution in [0.2, 0.25) is 0 Å². The monoisotopic (exact) mass is 721 g/mol. The van der Waals surface area contributed by atoms with Crippen LogP contribution in [-0.4, -0.2) is 121 Å². The van der Waals surface area contributed by atoms with Crippen LogP contribution in [0.25, 0.3) is 21.8 Å². The van der Waals surface area contributed by atoms with E-state index in [2.05, 4.69) is 16.7 Å².